The lowest BCUT2D eigenvalue weighted by Crippen LogP contribution is -2.19. The molecule has 35 heavy (non-hydrogen) atoms. The molecule has 0 aliphatic carbocycles. The second-order valence-electron chi connectivity index (χ2n) is 7.88. The first-order chi connectivity index (χ1) is 16.8. The quantitative estimate of drug-likeness (QED) is 0.318. The summed E-state index contributed by atoms with van der Waals surface area (Å²) in [4.78, 5) is 15.9. The Morgan fingerprint density at radius 2 is 1.80 bits per heavy atom. The highest BCUT2D eigenvalue weighted by molar-refractivity contribution is 7.91. The minimum Gasteiger partial charge on any atom is -0.478 e. The summed E-state index contributed by atoms with van der Waals surface area (Å²) >= 11 is 6.07. The molecule has 1 N–H and O–H groups in total. The third kappa shape index (κ3) is 5.77. The van der Waals surface area contributed by atoms with Crippen molar-refractivity contribution >= 4 is 50.5 Å². The van der Waals surface area contributed by atoms with Gasteiger partial charge in [-0.3, -0.25) is 0 Å². The maximum absolute atomic E-state index is 13.1. The van der Waals surface area contributed by atoms with Crippen LogP contribution in [-0.4, -0.2) is 37.3 Å². The lowest BCUT2D eigenvalue weighted by atomic mass is 10.1. The number of carboxylic acids is 1. The highest BCUT2D eigenvalue weighted by Gasteiger charge is 2.26. The number of hydrogen-bond donors (Lipinski definition) is 1. The summed E-state index contributed by atoms with van der Waals surface area (Å²) in [5.41, 5.74) is 2.77. The molecule has 8 heteroatoms. The van der Waals surface area contributed by atoms with E-state index in [1.807, 2.05) is 54.6 Å². The molecule has 1 unspecified atom stereocenters. The fraction of sp³-hybridized carbons (Fsp3) is 0.111. The Kier molecular flexibility index (Phi) is 7.31. The van der Waals surface area contributed by atoms with Crippen molar-refractivity contribution in [3.8, 4) is 0 Å². The minimum absolute atomic E-state index is 0.229. The number of rotatable bonds is 8. The smallest absolute Gasteiger partial charge is 0.337 e. The maximum Gasteiger partial charge on any atom is 0.337 e. The van der Waals surface area contributed by atoms with Crippen LogP contribution >= 0.6 is 11.6 Å². The second-order valence-corrected chi connectivity index (χ2v) is 10.3. The highest BCUT2D eigenvalue weighted by Crippen LogP contribution is 2.26. The van der Waals surface area contributed by atoms with E-state index in [2.05, 4.69) is 4.98 Å². The topological polar surface area (TPSA) is 93.6 Å². The van der Waals surface area contributed by atoms with Gasteiger partial charge in [0.1, 0.15) is 0 Å². The van der Waals surface area contributed by atoms with E-state index in [4.69, 9.17) is 16.3 Å². The monoisotopic (exact) mass is 507 g/mol. The Morgan fingerprint density at radius 1 is 1.03 bits per heavy atom. The van der Waals surface area contributed by atoms with Crippen molar-refractivity contribution in [2.45, 2.75) is 11.0 Å². The summed E-state index contributed by atoms with van der Waals surface area (Å²) < 4.78 is 31.6. The summed E-state index contributed by atoms with van der Waals surface area (Å²) in [5.74, 6) is -1.69. The van der Waals surface area contributed by atoms with Gasteiger partial charge < -0.3 is 9.84 Å². The van der Waals surface area contributed by atoms with Gasteiger partial charge in [-0.25, -0.2) is 18.2 Å². The van der Waals surface area contributed by atoms with Crippen LogP contribution in [0.3, 0.4) is 0 Å². The molecule has 0 saturated heterocycles. The van der Waals surface area contributed by atoms with Crippen molar-refractivity contribution in [3.63, 3.8) is 0 Å². The van der Waals surface area contributed by atoms with Gasteiger partial charge in [-0.05, 0) is 53.6 Å². The Hall–Kier alpha value is -3.52. The number of methoxy groups -OCH3 is 1. The van der Waals surface area contributed by atoms with E-state index in [0.717, 1.165) is 22.2 Å². The van der Waals surface area contributed by atoms with Gasteiger partial charge in [0.2, 0.25) is 0 Å². The SMILES string of the molecule is COC(CS(=O)(=O)c1ccccc1C(=O)O)c1cccc(/C=C/c2ccc3ccc(Cl)cc3n2)c1. The van der Waals surface area contributed by atoms with Crippen LogP contribution in [-0.2, 0) is 14.6 Å². The lowest BCUT2D eigenvalue weighted by Gasteiger charge is -2.17. The van der Waals surface area contributed by atoms with Crippen LogP contribution < -0.4 is 0 Å². The first kappa shape index (κ1) is 24.6. The molecule has 1 heterocycles. The van der Waals surface area contributed by atoms with Gasteiger partial charge in [0.15, 0.2) is 9.84 Å². The molecule has 0 amide bonds. The molecule has 6 nitrogen and oxygen atoms in total. The number of ether oxygens (including phenoxy) is 1. The summed E-state index contributed by atoms with van der Waals surface area (Å²) in [7, 11) is -2.51. The molecule has 0 saturated carbocycles. The molecule has 4 aromatic rings. The molecular formula is C27H22ClNO5S. The average molecular weight is 508 g/mol. The van der Waals surface area contributed by atoms with Gasteiger partial charge in [-0.1, -0.05) is 60.1 Å². The average Bonchev–Trinajstić information content (AvgIpc) is 2.86. The van der Waals surface area contributed by atoms with Crippen LogP contribution in [0.15, 0.2) is 83.8 Å². The van der Waals surface area contributed by atoms with E-state index in [-0.39, 0.29) is 10.5 Å². The molecule has 1 aromatic heterocycles. The number of sulfone groups is 1. The number of benzene rings is 3. The molecule has 0 fully saturated rings. The third-order valence-electron chi connectivity index (χ3n) is 5.51. The number of carbonyl (C=O) groups is 1. The summed E-state index contributed by atoms with van der Waals surface area (Å²) in [6, 6.07) is 22.3. The first-order valence-corrected chi connectivity index (χ1v) is 12.7. The highest BCUT2D eigenvalue weighted by atomic mass is 35.5. The molecule has 0 spiro atoms. The number of nitrogens with zero attached hydrogens (tertiary/aromatic N) is 1. The van der Waals surface area contributed by atoms with E-state index in [9.17, 15) is 18.3 Å². The van der Waals surface area contributed by atoms with E-state index < -0.39 is 27.7 Å². The number of fused-ring (bicyclic) bond motifs is 1. The Morgan fingerprint density at radius 3 is 2.57 bits per heavy atom. The number of carboxylic acid groups (broad SMARTS) is 1. The molecule has 178 valence electrons. The van der Waals surface area contributed by atoms with E-state index in [1.165, 1.54) is 31.4 Å². The zero-order valence-corrected chi connectivity index (χ0v) is 20.3. The van der Waals surface area contributed by atoms with E-state index >= 15 is 0 Å². The van der Waals surface area contributed by atoms with Crippen molar-refractivity contribution < 1.29 is 23.1 Å². The zero-order valence-electron chi connectivity index (χ0n) is 18.8. The Labute approximate surface area is 208 Å². The summed E-state index contributed by atoms with van der Waals surface area (Å²) in [6.07, 6.45) is 2.96. The summed E-state index contributed by atoms with van der Waals surface area (Å²) in [5, 5.41) is 11.0. The van der Waals surface area contributed by atoms with Crippen molar-refractivity contribution in [1.29, 1.82) is 0 Å². The Balaban J connectivity index is 1.58. The van der Waals surface area contributed by atoms with Gasteiger partial charge in [-0.2, -0.15) is 0 Å². The minimum atomic E-state index is -3.93. The fourth-order valence-electron chi connectivity index (χ4n) is 3.75. The largest absolute Gasteiger partial charge is 0.478 e. The first-order valence-electron chi connectivity index (χ1n) is 10.7. The normalized spacial score (nSPS) is 12.7. The van der Waals surface area contributed by atoms with Gasteiger partial charge >= 0.3 is 5.97 Å². The zero-order chi connectivity index (χ0) is 25.0. The number of hydrogen-bond acceptors (Lipinski definition) is 5. The molecule has 4 rings (SSSR count). The number of aromatic carboxylic acids is 1. The van der Waals surface area contributed by atoms with Crippen molar-refractivity contribution in [1.82, 2.24) is 4.98 Å². The molecule has 3 aromatic carbocycles. The molecule has 0 aliphatic rings. The van der Waals surface area contributed by atoms with Crippen LogP contribution in [0.5, 0.6) is 0 Å². The number of pyridine rings is 1. The van der Waals surface area contributed by atoms with Crippen molar-refractivity contribution in [2.75, 3.05) is 12.9 Å². The number of halogens is 1. The standard InChI is InChI=1S/C27H22ClNO5S/c1-34-25(17-35(32,33)26-8-3-2-7-23(26)27(30)31)20-6-4-5-18(15-20)9-13-22-14-11-19-10-12-21(28)16-24(19)29-22/h2-16,25H,17H2,1H3,(H,30,31)/b13-9+. The van der Waals surface area contributed by atoms with Crippen LogP contribution in [0.4, 0.5) is 0 Å². The molecule has 0 aliphatic heterocycles. The van der Waals surface area contributed by atoms with Crippen LogP contribution in [0.1, 0.15) is 33.3 Å². The molecule has 0 radical (unpaired) electrons. The van der Waals surface area contributed by atoms with Gasteiger partial charge in [0.25, 0.3) is 0 Å². The Bertz CT molecular complexity index is 1530. The predicted octanol–water partition coefficient (Wildman–Crippen LogP) is 5.92. The molecular weight excluding hydrogens is 486 g/mol. The van der Waals surface area contributed by atoms with Gasteiger partial charge in [-0.15, -0.1) is 0 Å². The summed E-state index contributed by atoms with van der Waals surface area (Å²) in [6.45, 7) is 0. The lowest BCUT2D eigenvalue weighted by molar-refractivity contribution is 0.0692. The van der Waals surface area contributed by atoms with Crippen molar-refractivity contribution in [3.05, 3.63) is 106 Å². The number of aromatic nitrogens is 1. The third-order valence-corrected chi connectivity index (χ3v) is 7.52. The van der Waals surface area contributed by atoms with Gasteiger partial charge in [0.05, 0.1) is 33.5 Å². The van der Waals surface area contributed by atoms with Crippen LogP contribution in [0.25, 0.3) is 23.1 Å². The van der Waals surface area contributed by atoms with Gasteiger partial charge in [0, 0.05) is 17.5 Å². The second kappa shape index (κ2) is 10.4. The van der Waals surface area contributed by atoms with Crippen LogP contribution in [0.2, 0.25) is 5.02 Å². The predicted molar refractivity (Wildman–Crippen MR) is 137 cm³/mol. The van der Waals surface area contributed by atoms with Crippen LogP contribution in [0, 0.1) is 0 Å². The fourth-order valence-corrected chi connectivity index (χ4v) is 5.60. The van der Waals surface area contributed by atoms with Crippen molar-refractivity contribution in [2.24, 2.45) is 0 Å². The molecule has 0 bridgehead atoms. The van der Waals surface area contributed by atoms with E-state index in [1.54, 1.807) is 12.1 Å². The van der Waals surface area contributed by atoms with E-state index in [0.29, 0.717) is 10.6 Å². The molecule has 1 atom stereocenters. The maximum atomic E-state index is 13.1.